The van der Waals surface area contributed by atoms with E-state index in [2.05, 4.69) is 20.1 Å². The number of aromatic amines is 1. The number of hydrogen-bond donors (Lipinski definition) is 1. The number of carbonyl (C=O) groups excluding carboxylic acids is 1. The molecule has 0 saturated heterocycles. The number of benzene rings is 2. The molecule has 0 aliphatic carbocycles. The van der Waals surface area contributed by atoms with Crippen LogP contribution in [0.15, 0.2) is 66.1 Å². The molecule has 9 heteroatoms. The summed E-state index contributed by atoms with van der Waals surface area (Å²) in [6.07, 6.45) is 3.35. The summed E-state index contributed by atoms with van der Waals surface area (Å²) < 4.78 is 7.70. The van der Waals surface area contributed by atoms with Crippen LogP contribution in [0.5, 0.6) is 11.5 Å². The average molecular weight is 464 g/mol. The van der Waals surface area contributed by atoms with Crippen LogP contribution in [0.25, 0.3) is 21.9 Å². The highest BCUT2D eigenvalue weighted by Crippen LogP contribution is 2.29. The Morgan fingerprint density at radius 2 is 2.09 bits per heavy atom. The van der Waals surface area contributed by atoms with Crippen LogP contribution in [0.2, 0.25) is 5.02 Å². The summed E-state index contributed by atoms with van der Waals surface area (Å²) >= 11 is 7.38. The first-order chi connectivity index (χ1) is 15.6. The molecule has 0 spiro atoms. The van der Waals surface area contributed by atoms with Crippen molar-refractivity contribution < 1.29 is 9.53 Å². The minimum atomic E-state index is -0.0633. The van der Waals surface area contributed by atoms with Gasteiger partial charge in [0, 0.05) is 29.2 Å². The molecule has 0 amide bonds. The van der Waals surface area contributed by atoms with Crippen molar-refractivity contribution >= 4 is 51.1 Å². The van der Waals surface area contributed by atoms with E-state index < -0.39 is 0 Å². The van der Waals surface area contributed by atoms with E-state index in [-0.39, 0.29) is 11.5 Å². The zero-order valence-electron chi connectivity index (χ0n) is 17.1. The Morgan fingerprint density at radius 3 is 2.91 bits per heavy atom. The lowest BCUT2D eigenvalue weighted by Gasteiger charge is -2.06. The van der Waals surface area contributed by atoms with Crippen LogP contribution in [0.4, 0.5) is 0 Å². The first-order valence-corrected chi connectivity index (χ1v) is 11.4. The van der Waals surface area contributed by atoms with Crippen LogP contribution in [0.3, 0.4) is 0 Å². The number of halogens is 1. The number of carbonyl (C=O) groups is 1. The molecule has 7 nitrogen and oxygen atoms in total. The molecule has 0 atom stereocenters. The van der Waals surface area contributed by atoms with E-state index in [0.29, 0.717) is 33.9 Å². The lowest BCUT2D eigenvalue weighted by atomic mass is 10.1. The molecule has 32 heavy (non-hydrogen) atoms. The number of nitrogens with one attached hydrogen (secondary N) is 1. The maximum absolute atomic E-state index is 13.0. The van der Waals surface area contributed by atoms with Crippen molar-refractivity contribution in [2.24, 2.45) is 0 Å². The predicted octanol–water partition coefficient (Wildman–Crippen LogP) is 5.75. The summed E-state index contributed by atoms with van der Waals surface area (Å²) in [6, 6.07) is 14.7. The quantitative estimate of drug-likeness (QED) is 0.244. The summed E-state index contributed by atoms with van der Waals surface area (Å²) in [5, 5.41) is 6.66. The Balaban J connectivity index is 1.38. The van der Waals surface area contributed by atoms with Gasteiger partial charge in [-0.25, -0.2) is 4.98 Å². The normalized spacial score (nSPS) is 11.3. The number of ketones is 1. The number of aryl methyl sites for hydroxylation is 1. The number of imidazole rings is 1. The topological polar surface area (TPSA) is 85.7 Å². The Morgan fingerprint density at radius 1 is 1.19 bits per heavy atom. The van der Waals surface area contributed by atoms with E-state index >= 15 is 0 Å². The van der Waals surface area contributed by atoms with Crippen molar-refractivity contribution in [3.8, 4) is 11.5 Å². The van der Waals surface area contributed by atoms with Gasteiger partial charge >= 0.3 is 0 Å². The van der Waals surface area contributed by atoms with E-state index in [1.165, 1.54) is 11.8 Å². The highest BCUT2D eigenvalue weighted by Gasteiger charge is 2.18. The molecule has 0 radical (unpaired) electrons. The van der Waals surface area contributed by atoms with Crippen LogP contribution in [-0.4, -0.2) is 36.3 Å². The van der Waals surface area contributed by atoms with Crippen molar-refractivity contribution in [1.82, 2.24) is 24.7 Å². The third kappa shape index (κ3) is 4.06. The molecule has 5 aromatic rings. The van der Waals surface area contributed by atoms with Gasteiger partial charge in [0.15, 0.2) is 10.9 Å². The number of thioether (sulfide) groups is 1. The average Bonchev–Trinajstić information content (AvgIpc) is 3.38. The van der Waals surface area contributed by atoms with Gasteiger partial charge in [0.05, 0.1) is 28.5 Å². The first kappa shape index (κ1) is 20.5. The number of rotatable bonds is 7. The summed E-state index contributed by atoms with van der Waals surface area (Å²) in [6.45, 7) is 2.63. The monoisotopic (exact) mass is 463 g/mol. The molecule has 0 aliphatic heterocycles. The molecule has 3 heterocycles. The molecule has 3 aromatic heterocycles. The lowest BCUT2D eigenvalue weighted by Crippen LogP contribution is -2.05. The molecule has 0 fully saturated rings. The fraction of sp³-hybridized carbons (Fsp3) is 0.130. The Labute approximate surface area is 192 Å². The second-order valence-corrected chi connectivity index (χ2v) is 8.45. The van der Waals surface area contributed by atoms with Gasteiger partial charge in [-0.05, 0) is 49.4 Å². The molecular weight excluding hydrogens is 446 g/mol. The number of H-pyrrole nitrogens is 1. The number of Topliss-reactive ketones (excluding diaryl/α,β-unsaturated/α-hetero) is 1. The van der Waals surface area contributed by atoms with Gasteiger partial charge in [-0.1, -0.05) is 23.4 Å². The molecule has 0 saturated carbocycles. The number of pyridine rings is 1. The molecule has 0 bridgehead atoms. The van der Waals surface area contributed by atoms with Crippen LogP contribution in [-0.2, 0) is 6.54 Å². The molecule has 2 aromatic carbocycles. The SMILES string of the molecule is CCn1nc(C(=O)CSc2nc3ccc(Cl)cc3[nH]2)c2ccc(Oc3cccnc3)cc21. The van der Waals surface area contributed by atoms with E-state index in [0.717, 1.165) is 21.9 Å². The minimum absolute atomic E-state index is 0.0633. The highest BCUT2D eigenvalue weighted by molar-refractivity contribution is 7.99. The number of ether oxygens (including phenoxy) is 1. The zero-order valence-corrected chi connectivity index (χ0v) is 18.7. The van der Waals surface area contributed by atoms with Gasteiger partial charge in [-0.15, -0.1) is 0 Å². The number of aromatic nitrogens is 5. The van der Waals surface area contributed by atoms with Crippen LogP contribution < -0.4 is 4.74 Å². The molecule has 5 rings (SSSR count). The third-order valence-electron chi connectivity index (χ3n) is 4.92. The summed E-state index contributed by atoms with van der Waals surface area (Å²) in [7, 11) is 0. The maximum Gasteiger partial charge on any atom is 0.194 e. The second-order valence-electron chi connectivity index (χ2n) is 7.05. The minimum Gasteiger partial charge on any atom is -0.456 e. The number of hydrogen-bond acceptors (Lipinski definition) is 6. The largest absolute Gasteiger partial charge is 0.456 e. The predicted molar refractivity (Wildman–Crippen MR) is 126 cm³/mol. The van der Waals surface area contributed by atoms with Crippen LogP contribution in [0.1, 0.15) is 17.4 Å². The molecule has 0 aliphatic rings. The number of fused-ring (bicyclic) bond motifs is 2. The van der Waals surface area contributed by atoms with Gasteiger partial charge in [-0.2, -0.15) is 5.10 Å². The van der Waals surface area contributed by atoms with E-state index in [4.69, 9.17) is 16.3 Å². The Kier molecular flexibility index (Phi) is 5.55. The maximum atomic E-state index is 13.0. The fourth-order valence-corrected chi connectivity index (χ4v) is 4.36. The van der Waals surface area contributed by atoms with Crippen molar-refractivity contribution in [3.63, 3.8) is 0 Å². The van der Waals surface area contributed by atoms with Crippen LogP contribution >= 0.6 is 23.4 Å². The molecule has 0 unspecified atom stereocenters. The van der Waals surface area contributed by atoms with Gasteiger partial charge in [0.1, 0.15) is 17.2 Å². The summed E-state index contributed by atoms with van der Waals surface area (Å²) in [5.74, 6) is 1.47. The van der Waals surface area contributed by atoms with Gasteiger partial charge in [0.25, 0.3) is 0 Å². The molecular formula is C23H18ClN5O2S. The summed E-state index contributed by atoms with van der Waals surface area (Å²) in [5.41, 5.74) is 2.95. The van der Waals surface area contributed by atoms with Crippen molar-refractivity contribution in [2.45, 2.75) is 18.6 Å². The Hall–Kier alpha value is -3.36. The highest BCUT2D eigenvalue weighted by atomic mass is 35.5. The van der Waals surface area contributed by atoms with Gasteiger partial charge in [-0.3, -0.25) is 14.5 Å². The third-order valence-corrected chi connectivity index (χ3v) is 6.03. The summed E-state index contributed by atoms with van der Waals surface area (Å²) in [4.78, 5) is 24.8. The van der Waals surface area contributed by atoms with Gasteiger partial charge < -0.3 is 9.72 Å². The number of nitrogens with zero attached hydrogens (tertiary/aromatic N) is 4. The lowest BCUT2D eigenvalue weighted by molar-refractivity contribution is 0.101. The Bertz CT molecular complexity index is 1430. The van der Waals surface area contributed by atoms with E-state index in [9.17, 15) is 4.79 Å². The standard InChI is InChI=1S/C23H18ClN5O2S/c1-2-29-20-11-15(31-16-4-3-9-25-12-16)6-7-17(20)22(28-29)21(30)13-32-23-26-18-8-5-14(24)10-19(18)27-23/h3-12H,2,13H2,1H3,(H,26,27). The smallest absolute Gasteiger partial charge is 0.194 e. The van der Waals surface area contributed by atoms with E-state index in [1.807, 2.05) is 54.1 Å². The zero-order chi connectivity index (χ0) is 22.1. The molecule has 1 N–H and O–H groups in total. The van der Waals surface area contributed by atoms with Crippen molar-refractivity contribution in [2.75, 3.05) is 5.75 Å². The second kappa shape index (κ2) is 8.64. The van der Waals surface area contributed by atoms with Crippen molar-refractivity contribution in [1.29, 1.82) is 0 Å². The molecule has 160 valence electrons. The van der Waals surface area contributed by atoms with Gasteiger partial charge in [0.2, 0.25) is 0 Å². The fourth-order valence-electron chi connectivity index (χ4n) is 3.44. The van der Waals surface area contributed by atoms with E-state index in [1.54, 1.807) is 18.5 Å². The van der Waals surface area contributed by atoms with Crippen molar-refractivity contribution in [3.05, 3.63) is 71.6 Å². The van der Waals surface area contributed by atoms with Crippen LogP contribution in [0, 0.1) is 0 Å². The first-order valence-electron chi connectivity index (χ1n) is 10.0.